The van der Waals surface area contributed by atoms with Gasteiger partial charge in [0.05, 0.1) is 22.9 Å². The van der Waals surface area contributed by atoms with E-state index in [9.17, 15) is 9.59 Å². The number of hydrogen-bond donors (Lipinski definition) is 2. The summed E-state index contributed by atoms with van der Waals surface area (Å²) in [6.07, 6.45) is 10.1. The van der Waals surface area contributed by atoms with Gasteiger partial charge in [-0.05, 0) is 70.8 Å². The van der Waals surface area contributed by atoms with Gasteiger partial charge in [0, 0.05) is 25.7 Å². The molecule has 5 aliphatic rings. The Bertz CT molecular complexity index is 1330. The molecule has 11 heteroatoms. The Morgan fingerprint density at radius 3 is 2.55 bits per heavy atom. The number of likely N-dealkylation sites (tertiary alicyclic amines) is 1. The zero-order valence-electron chi connectivity index (χ0n) is 23.2. The molecule has 2 aromatic rings. The summed E-state index contributed by atoms with van der Waals surface area (Å²) < 4.78 is 11.6. The number of rotatable bonds is 5. The lowest BCUT2D eigenvalue weighted by molar-refractivity contribution is -0.122. The number of nitrogens with zero attached hydrogens (tertiary/aromatic N) is 5. The first-order valence-corrected chi connectivity index (χ1v) is 14.5. The van der Waals surface area contributed by atoms with Crippen molar-refractivity contribution in [2.24, 2.45) is 5.41 Å². The molecule has 1 spiro atoms. The molecule has 0 bridgehead atoms. The minimum atomic E-state index is -0.304. The molecular weight excluding hydrogens is 510 g/mol. The molecule has 11 nitrogen and oxygen atoms in total. The van der Waals surface area contributed by atoms with E-state index in [0.717, 1.165) is 63.1 Å². The Morgan fingerprint density at radius 1 is 1.05 bits per heavy atom. The standard InChI is InChI=1S/C29H37N7O4/c1-34-13-9-18(10-14-34)31-26(37)20-7-8-21(24-23(20)39-17-40-24)32-28-30-15-22-25(33-28)36(19-5-3-4-6-19)16-29(11-12-29)27(38)35(22)2/h7-8,15,18-19H,3-6,9-14,16-17H2,1-2H3,(H,31,37)(H,30,32,33). The van der Waals surface area contributed by atoms with Crippen LogP contribution >= 0.6 is 0 Å². The van der Waals surface area contributed by atoms with Crippen LogP contribution in [0.2, 0.25) is 0 Å². The molecule has 2 N–H and O–H groups in total. The predicted octanol–water partition coefficient (Wildman–Crippen LogP) is 3.28. The van der Waals surface area contributed by atoms with Crippen LogP contribution in [0.4, 0.5) is 23.1 Å². The molecule has 40 heavy (non-hydrogen) atoms. The van der Waals surface area contributed by atoms with Crippen molar-refractivity contribution < 1.29 is 19.1 Å². The van der Waals surface area contributed by atoms with E-state index in [0.29, 0.717) is 41.3 Å². The first kappa shape index (κ1) is 25.4. The third kappa shape index (κ3) is 4.40. The summed E-state index contributed by atoms with van der Waals surface area (Å²) in [5, 5.41) is 6.47. The van der Waals surface area contributed by atoms with Crippen LogP contribution in [0.25, 0.3) is 0 Å². The van der Waals surface area contributed by atoms with E-state index in [4.69, 9.17) is 14.5 Å². The van der Waals surface area contributed by atoms with Crippen molar-refractivity contribution in [1.29, 1.82) is 0 Å². The second-order valence-corrected chi connectivity index (χ2v) is 12.0. The summed E-state index contributed by atoms with van der Waals surface area (Å²) in [6.45, 7) is 2.68. The van der Waals surface area contributed by atoms with Crippen LogP contribution in [0.15, 0.2) is 18.3 Å². The summed E-state index contributed by atoms with van der Waals surface area (Å²) in [5.41, 5.74) is 1.54. The maximum atomic E-state index is 13.3. The Kier molecular flexibility index (Phi) is 6.21. The minimum absolute atomic E-state index is 0.0397. The molecule has 2 amide bonds. The molecule has 1 aromatic carbocycles. The van der Waals surface area contributed by atoms with Crippen molar-refractivity contribution in [2.75, 3.05) is 55.6 Å². The Labute approximate surface area is 234 Å². The molecule has 212 valence electrons. The molecule has 0 radical (unpaired) electrons. The third-order valence-corrected chi connectivity index (χ3v) is 9.30. The topological polar surface area (TPSA) is 112 Å². The summed E-state index contributed by atoms with van der Waals surface area (Å²) in [6, 6.07) is 4.10. The van der Waals surface area contributed by atoms with Crippen molar-refractivity contribution in [2.45, 2.75) is 63.5 Å². The summed E-state index contributed by atoms with van der Waals surface area (Å²) >= 11 is 0. The molecule has 2 aliphatic carbocycles. The first-order valence-electron chi connectivity index (χ1n) is 14.5. The van der Waals surface area contributed by atoms with Crippen LogP contribution in [0.1, 0.15) is 61.7 Å². The van der Waals surface area contributed by atoms with Gasteiger partial charge in [-0.1, -0.05) is 12.8 Å². The molecule has 2 saturated carbocycles. The van der Waals surface area contributed by atoms with Crippen molar-refractivity contribution in [3.05, 3.63) is 23.9 Å². The molecular formula is C29H37N7O4. The van der Waals surface area contributed by atoms with Crippen molar-refractivity contribution in [1.82, 2.24) is 20.2 Å². The number of piperidine rings is 1. The molecule has 3 fully saturated rings. The van der Waals surface area contributed by atoms with E-state index >= 15 is 0 Å². The SMILES string of the molecule is CN1CCC(NC(=O)c2ccc(Nc3ncc4c(n3)N(C3CCCC3)CC3(CC3)C(=O)N4C)c3c2OCO3)CC1. The number of fused-ring (bicyclic) bond motifs is 2. The van der Waals surface area contributed by atoms with Crippen molar-refractivity contribution in [3.63, 3.8) is 0 Å². The van der Waals surface area contributed by atoms with Gasteiger partial charge in [0.1, 0.15) is 5.69 Å². The van der Waals surface area contributed by atoms with Gasteiger partial charge in [0.15, 0.2) is 17.3 Å². The van der Waals surface area contributed by atoms with Gasteiger partial charge in [0.2, 0.25) is 18.6 Å². The second-order valence-electron chi connectivity index (χ2n) is 12.0. The number of carbonyl (C=O) groups is 2. The minimum Gasteiger partial charge on any atom is -0.453 e. The average molecular weight is 548 g/mol. The summed E-state index contributed by atoms with van der Waals surface area (Å²) in [5.74, 6) is 2.13. The highest BCUT2D eigenvalue weighted by Gasteiger charge is 2.55. The van der Waals surface area contributed by atoms with Gasteiger partial charge >= 0.3 is 0 Å². The number of carbonyl (C=O) groups excluding carboxylic acids is 2. The fourth-order valence-corrected chi connectivity index (χ4v) is 6.66. The maximum Gasteiger partial charge on any atom is 0.255 e. The van der Waals surface area contributed by atoms with Gasteiger partial charge < -0.3 is 34.8 Å². The number of anilines is 4. The number of ether oxygens (including phenoxy) is 2. The van der Waals surface area contributed by atoms with E-state index in [1.165, 1.54) is 12.8 Å². The van der Waals surface area contributed by atoms with Crippen LogP contribution in [0.3, 0.4) is 0 Å². The molecule has 1 saturated heterocycles. The van der Waals surface area contributed by atoms with Gasteiger partial charge in [0.25, 0.3) is 5.91 Å². The number of nitrogens with one attached hydrogen (secondary N) is 2. The lowest BCUT2D eigenvalue weighted by Gasteiger charge is -2.31. The largest absolute Gasteiger partial charge is 0.453 e. The maximum absolute atomic E-state index is 13.3. The molecule has 0 atom stereocenters. The number of amides is 2. The van der Waals surface area contributed by atoms with Crippen LogP contribution < -0.4 is 29.9 Å². The normalized spacial score (nSPS) is 22.4. The molecule has 1 aromatic heterocycles. The highest BCUT2D eigenvalue weighted by molar-refractivity contribution is 6.03. The third-order valence-electron chi connectivity index (χ3n) is 9.30. The summed E-state index contributed by atoms with van der Waals surface area (Å²) in [7, 11) is 3.94. The zero-order chi connectivity index (χ0) is 27.4. The lowest BCUT2D eigenvalue weighted by Crippen LogP contribution is -2.43. The summed E-state index contributed by atoms with van der Waals surface area (Å²) in [4.78, 5) is 42.4. The van der Waals surface area contributed by atoms with Crippen LogP contribution in [-0.2, 0) is 4.79 Å². The van der Waals surface area contributed by atoms with Gasteiger partial charge in [-0.3, -0.25) is 9.59 Å². The lowest BCUT2D eigenvalue weighted by atomic mass is 10.0. The average Bonchev–Trinajstić information content (AvgIpc) is 3.33. The molecule has 3 aliphatic heterocycles. The number of benzene rings is 1. The predicted molar refractivity (Wildman–Crippen MR) is 151 cm³/mol. The number of aromatic nitrogens is 2. The molecule has 4 heterocycles. The fraction of sp³-hybridized carbons (Fsp3) is 0.586. The monoisotopic (exact) mass is 547 g/mol. The fourth-order valence-electron chi connectivity index (χ4n) is 6.66. The van der Waals surface area contributed by atoms with E-state index in [1.807, 2.05) is 13.1 Å². The quantitative estimate of drug-likeness (QED) is 0.582. The van der Waals surface area contributed by atoms with Gasteiger partial charge in [-0.2, -0.15) is 4.98 Å². The van der Waals surface area contributed by atoms with Crippen molar-refractivity contribution in [3.8, 4) is 11.5 Å². The highest BCUT2D eigenvalue weighted by atomic mass is 16.7. The van der Waals surface area contributed by atoms with E-state index in [-0.39, 0.29) is 30.1 Å². The van der Waals surface area contributed by atoms with Crippen molar-refractivity contribution >= 4 is 35.0 Å². The van der Waals surface area contributed by atoms with Crippen LogP contribution in [0.5, 0.6) is 11.5 Å². The Morgan fingerprint density at radius 2 is 1.80 bits per heavy atom. The van der Waals surface area contributed by atoms with E-state index < -0.39 is 0 Å². The molecule has 0 unspecified atom stereocenters. The van der Waals surface area contributed by atoms with Gasteiger partial charge in [-0.25, -0.2) is 4.98 Å². The van der Waals surface area contributed by atoms with Crippen LogP contribution in [0, 0.1) is 5.41 Å². The second kappa shape index (κ2) is 9.79. The Hall–Kier alpha value is -3.60. The zero-order valence-corrected chi connectivity index (χ0v) is 23.2. The first-order chi connectivity index (χ1) is 19.4. The van der Waals surface area contributed by atoms with E-state index in [2.05, 4.69) is 32.5 Å². The van der Waals surface area contributed by atoms with E-state index in [1.54, 1.807) is 17.2 Å². The number of hydrogen-bond acceptors (Lipinski definition) is 9. The molecule has 7 rings (SSSR count). The highest BCUT2D eigenvalue weighted by Crippen LogP contribution is 2.53. The Balaban J connectivity index is 1.16. The smallest absolute Gasteiger partial charge is 0.255 e. The van der Waals surface area contributed by atoms with Crippen LogP contribution in [-0.4, -0.2) is 79.3 Å². The van der Waals surface area contributed by atoms with Gasteiger partial charge in [-0.15, -0.1) is 0 Å².